The highest BCUT2D eigenvalue weighted by Gasteiger charge is 2.25. The van der Waals surface area contributed by atoms with Crippen molar-refractivity contribution in [3.8, 4) is 0 Å². The van der Waals surface area contributed by atoms with Crippen LogP contribution < -0.4 is 0 Å². The van der Waals surface area contributed by atoms with E-state index >= 15 is 0 Å². The van der Waals surface area contributed by atoms with E-state index in [1.165, 1.54) is 102 Å². The van der Waals surface area contributed by atoms with E-state index in [1.54, 1.807) is 12.1 Å². The highest BCUT2D eigenvalue weighted by atomic mass is 19.2. The lowest BCUT2D eigenvalue weighted by atomic mass is 9.74. The van der Waals surface area contributed by atoms with E-state index in [2.05, 4.69) is 13.0 Å². The molecule has 0 bridgehead atoms. The third-order valence-electron chi connectivity index (χ3n) is 8.41. The van der Waals surface area contributed by atoms with Crippen molar-refractivity contribution < 1.29 is 8.78 Å². The second-order valence-electron chi connectivity index (χ2n) is 10.5. The van der Waals surface area contributed by atoms with Gasteiger partial charge in [-0.15, -0.1) is 0 Å². The average molecular weight is 427 g/mol. The second kappa shape index (κ2) is 10.9. The third kappa shape index (κ3) is 5.88. The minimum absolute atomic E-state index is 0.400. The molecule has 0 aromatic heterocycles. The fourth-order valence-corrected chi connectivity index (χ4v) is 6.29. The number of hydrogen-bond donors (Lipinski definition) is 0. The molecule has 2 fully saturated rings. The summed E-state index contributed by atoms with van der Waals surface area (Å²) in [6, 6.07) is 8.84. The fraction of sp³-hybridized carbons (Fsp3) is 0.655. The first kappa shape index (κ1) is 22.7. The topological polar surface area (TPSA) is 0 Å². The van der Waals surface area contributed by atoms with Crippen molar-refractivity contribution >= 4 is 10.8 Å². The van der Waals surface area contributed by atoms with Crippen LogP contribution in [0.3, 0.4) is 0 Å². The molecule has 0 spiro atoms. The number of unbranched alkanes of at least 4 members (excludes halogenated alkanes) is 2. The quantitative estimate of drug-likeness (QED) is 0.369. The van der Waals surface area contributed by atoms with Gasteiger partial charge >= 0.3 is 0 Å². The number of fused-ring (bicyclic) bond motifs is 1. The van der Waals surface area contributed by atoms with Crippen molar-refractivity contribution in [2.75, 3.05) is 0 Å². The van der Waals surface area contributed by atoms with Gasteiger partial charge in [0, 0.05) is 5.39 Å². The Bertz CT molecular complexity index is 826. The third-order valence-corrected chi connectivity index (χ3v) is 8.41. The lowest BCUT2D eigenvalue weighted by molar-refractivity contribution is 0.222. The maximum absolute atomic E-state index is 14.0. The summed E-state index contributed by atoms with van der Waals surface area (Å²) in [5.74, 6) is 1.99. The van der Waals surface area contributed by atoms with Crippen molar-refractivity contribution in [3.05, 3.63) is 47.5 Å². The average Bonchev–Trinajstić information content (AvgIpc) is 2.81. The first-order valence-electron chi connectivity index (χ1n) is 13.0. The van der Waals surface area contributed by atoms with E-state index in [0.29, 0.717) is 11.3 Å². The molecule has 2 aliphatic rings. The lowest BCUT2D eigenvalue weighted by Gasteiger charge is -2.32. The summed E-state index contributed by atoms with van der Waals surface area (Å²) in [6.07, 6.45) is 19.6. The number of benzene rings is 2. The van der Waals surface area contributed by atoms with Crippen molar-refractivity contribution in [2.45, 2.75) is 103 Å². The fourth-order valence-electron chi connectivity index (χ4n) is 6.29. The van der Waals surface area contributed by atoms with Gasteiger partial charge < -0.3 is 0 Å². The molecule has 170 valence electrons. The summed E-state index contributed by atoms with van der Waals surface area (Å²) in [5.41, 5.74) is 1.30. The van der Waals surface area contributed by atoms with Crippen LogP contribution in [-0.4, -0.2) is 0 Å². The summed E-state index contributed by atoms with van der Waals surface area (Å²) in [5, 5.41) is 1.22. The van der Waals surface area contributed by atoms with Crippen LogP contribution in [0.25, 0.3) is 10.8 Å². The minimum Gasteiger partial charge on any atom is -0.204 e. The lowest BCUT2D eigenvalue weighted by Crippen LogP contribution is -2.17. The number of halogens is 2. The monoisotopic (exact) mass is 426 g/mol. The Morgan fingerprint density at radius 2 is 1.32 bits per heavy atom. The van der Waals surface area contributed by atoms with E-state index in [9.17, 15) is 8.78 Å². The van der Waals surface area contributed by atoms with Gasteiger partial charge in [0.25, 0.3) is 0 Å². The van der Waals surface area contributed by atoms with Gasteiger partial charge in [-0.3, -0.25) is 0 Å². The van der Waals surface area contributed by atoms with Crippen LogP contribution in [0.15, 0.2) is 30.3 Å². The van der Waals surface area contributed by atoms with E-state index in [1.807, 2.05) is 6.07 Å². The molecular formula is C29H40F2. The van der Waals surface area contributed by atoms with Crippen molar-refractivity contribution in [1.82, 2.24) is 0 Å². The predicted octanol–water partition coefficient (Wildman–Crippen LogP) is 9.56. The summed E-state index contributed by atoms with van der Waals surface area (Å²) in [7, 11) is 0. The van der Waals surface area contributed by atoms with Gasteiger partial charge in [0.05, 0.1) is 0 Å². The molecule has 0 N–H and O–H groups in total. The molecule has 2 aromatic carbocycles. The van der Waals surface area contributed by atoms with Crippen LogP contribution in [0.2, 0.25) is 0 Å². The van der Waals surface area contributed by atoms with E-state index < -0.39 is 11.6 Å². The van der Waals surface area contributed by atoms with E-state index in [4.69, 9.17) is 0 Å². The zero-order valence-corrected chi connectivity index (χ0v) is 19.4. The Morgan fingerprint density at radius 1 is 0.710 bits per heavy atom. The zero-order valence-electron chi connectivity index (χ0n) is 19.4. The molecule has 2 aliphatic carbocycles. The van der Waals surface area contributed by atoms with Crippen LogP contribution in [0, 0.1) is 29.4 Å². The molecule has 0 nitrogen and oxygen atoms in total. The largest absolute Gasteiger partial charge is 0.204 e. The SMILES string of the molecule is CCCCC[C@H]1CC[C@H](CCC2CCC(c3ccc4c(F)c(F)ccc4c3)CC2)CC1. The molecule has 4 rings (SSSR count). The van der Waals surface area contributed by atoms with Crippen molar-refractivity contribution in [3.63, 3.8) is 0 Å². The molecule has 2 heteroatoms. The number of rotatable bonds is 8. The number of hydrogen-bond acceptors (Lipinski definition) is 0. The molecule has 0 saturated heterocycles. The van der Waals surface area contributed by atoms with E-state index in [-0.39, 0.29) is 0 Å². The highest BCUT2D eigenvalue weighted by Crippen LogP contribution is 2.41. The molecule has 31 heavy (non-hydrogen) atoms. The van der Waals surface area contributed by atoms with Gasteiger partial charge in [-0.2, -0.15) is 0 Å². The summed E-state index contributed by atoms with van der Waals surface area (Å²) in [4.78, 5) is 0. The molecule has 0 unspecified atom stereocenters. The summed E-state index contributed by atoms with van der Waals surface area (Å²) in [6.45, 7) is 2.30. The maximum atomic E-state index is 14.0. The van der Waals surface area contributed by atoms with Crippen LogP contribution in [-0.2, 0) is 0 Å². The first-order chi connectivity index (χ1) is 15.1. The molecule has 0 heterocycles. The normalized spacial score (nSPS) is 26.9. The van der Waals surface area contributed by atoms with Crippen LogP contribution >= 0.6 is 0 Å². The molecule has 0 radical (unpaired) electrons. The highest BCUT2D eigenvalue weighted by molar-refractivity contribution is 5.84. The Labute approximate surface area is 187 Å². The summed E-state index contributed by atoms with van der Waals surface area (Å²) >= 11 is 0. The van der Waals surface area contributed by atoms with Gasteiger partial charge in [-0.25, -0.2) is 8.78 Å². The zero-order chi connectivity index (χ0) is 21.6. The van der Waals surface area contributed by atoms with Crippen LogP contribution in [0.4, 0.5) is 8.78 Å². The molecule has 2 aromatic rings. The Balaban J connectivity index is 1.20. The molecule has 0 amide bonds. The van der Waals surface area contributed by atoms with Gasteiger partial charge in [0.1, 0.15) is 0 Å². The molecule has 2 saturated carbocycles. The Kier molecular flexibility index (Phi) is 8.02. The summed E-state index contributed by atoms with van der Waals surface area (Å²) < 4.78 is 27.4. The smallest absolute Gasteiger partial charge is 0.166 e. The van der Waals surface area contributed by atoms with Crippen molar-refractivity contribution in [1.29, 1.82) is 0 Å². The Hall–Kier alpha value is -1.44. The molecular weight excluding hydrogens is 386 g/mol. The van der Waals surface area contributed by atoms with Gasteiger partial charge in [0.15, 0.2) is 11.6 Å². The first-order valence-corrected chi connectivity index (χ1v) is 13.0. The van der Waals surface area contributed by atoms with Gasteiger partial charge in [-0.05, 0) is 66.4 Å². The standard InChI is InChI=1S/C29H40F2/c1-2-3-4-5-21-6-8-22(9-7-21)10-11-23-12-14-24(15-13-23)25-16-18-27-26(20-25)17-19-28(30)29(27)31/h16-24H,2-15H2,1H3/t21-,22-,23?,24?. The molecule has 0 atom stereocenters. The van der Waals surface area contributed by atoms with Crippen LogP contribution in [0.5, 0.6) is 0 Å². The predicted molar refractivity (Wildman–Crippen MR) is 127 cm³/mol. The second-order valence-corrected chi connectivity index (χ2v) is 10.5. The van der Waals surface area contributed by atoms with Gasteiger partial charge in [0.2, 0.25) is 0 Å². The van der Waals surface area contributed by atoms with Crippen LogP contribution in [0.1, 0.15) is 108 Å². The maximum Gasteiger partial charge on any atom is 0.166 e. The molecule has 0 aliphatic heterocycles. The minimum atomic E-state index is -0.759. The Morgan fingerprint density at radius 3 is 1.97 bits per heavy atom. The van der Waals surface area contributed by atoms with E-state index in [0.717, 1.165) is 23.1 Å². The van der Waals surface area contributed by atoms with Crippen molar-refractivity contribution in [2.24, 2.45) is 17.8 Å². The van der Waals surface area contributed by atoms with Gasteiger partial charge in [-0.1, -0.05) is 95.4 Å².